The molecule has 1 N–H and O–H groups in total. The third-order valence-corrected chi connectivity index (χ3v) is 3.55. The van der Waals surface area contributed by atoms with Crippen LogP contribution in [0.5, 0.6) is 0 Å². The third kappa shape index (κ3) is 2.68. The highest BCUT2D eigenvalue weighted by Crippen LogP contribution is 2.36. The highest BCUT2D eigenvalue weighted by molar-refractivity contribution is 4.83. The summed E-state index contributed by atoms with van der Waals surface area (Å²) in [4.78, 5) is 2.42. The van der Waals surface area contributed by atoms with Gasteiger partial charge in [0.2, 0.25) is 0 Å². The number of likely N-dealkylation sites (N-methyl/N-ethyl adjacent to an activating group) is 1. The summed E-state index contributed by atoms with van der Waals surface area (Å²) in [6.45, 7) is 6.15. The fourth-order valence-electron chi connectivity index (χ4n) is 2.29. The summed E-state index contributed by atoms with van der Waals surface area (Å²) >= 11 is 0. The second-order valence-corrected chi connectivity index (χ2v) is 4.97. The van der Waals surface area contributed by atoms with Crippen molar-refractivity contribution in [3.63, 3.8) is 0 Å². The Labute approximate surface area is 81.7 Å². The van der Waals surface area contributed by atoms with Gasteiger partial charge in [-0.05, 0) is 51.2 Å². The van der Waals surface area contributed by atoms with Gasteiger partial charge in [0, 0.05) is 12.6 Å². The number of hydrogen-bond acceptors (Lipinski definition) is 2. The van der Waals surface area contributed by atoms with Gasteiger partial charge in [-0.25, -0.2) is 0 Å². The Balaban J connectivity index is 1.61. The Kier molecular flexibility index (Phi) is 2.89. The van der Waals surface area contributed by atoms with Gasteiger partial charge in [0.05, 0.1) is 0 Å². The summed E-state index contributed by atoms with van der Waals surface area (Å²) in [5, 5.41) is 3.69. The molecule has 1 aliphatic carbocycles. The molecule has 13 heavy (non-hydrogen) atoms. The summed E-state index contributed by atoms with van der Waals surface area (Å²) in [6, 6.07) is 0.770. The number of likely N-dealkylation sites (tertiary alicyclic amines) is 1. The largest absolute Gasteiger partial charge is 0.312 e. The first kappa shape index (κ1) is 9.47. The Bertz CT molecular complexity index is 165. The minimum atomic E-state index is 0.770. The second-order valence-electron chi connectivity index (χ2n) is 4.97. The van der Waals surface area contributed by atoms with Crippen molar-refractivity contribution < 1.29 is 0 Å². The van der Waals surface area contributed by atoms with Crippen LogP contribution in [0.1, 0.15) is 26.2 Å². The Morgan fingerprint density at radius 2 is 2.15 bits per heavy atom. The molecule has 2 aliphatic rings. The summed E-state index contributed by atoms with van der Waals surface area (Å²) in [6.07, 6.45) is 4.30. The van der Waals surface area contributed by atoms with E-state index in [1.54, 1.807) is 0 Å². The lowest BCUT2D eigenvalue weighted by Gasteiger charge is -2.16. The molecule has 76 valence electrons. The minimum absolute atomic E-state index is 0.770. The van der Waals surface area contributed by atoms with Crippen LogP contribution in [0.2, 0.25) is 0 Å². The van der Waals surface area contributed by atoms with E-state index in [1.165, 1.54) is 38.9 Å². The molecule has 2 heteroatoms. The Morgan fingerprint density at radius 1 is 1.38 bits per heavy atom. The van der Waals surface area contributed by atoms with Crippen LogP contribution in [-0.2, 0) is 0 Å². The third-order valence-electron chi connectivity index (χ3n) is 3.55. The highest BCUT2D eigenvalue weighted by Gasteiger charge is 2.28. The zero-order valence-corrected chi connectivity index (χ0v) is 8.92. The normalized spacial score (nSPS) is 32.3. The van der Waals surface area contributed by atoms with Gasteiger partial charge in [0.1, 0.15) is 0 Å². The van der Waals surface area contributed by atoms with E-state index >= 15 is 0 Å². The Hall–Kier alpha value is -0.0800. The van der Waals surface area contributed by atoms with E-state index < -0.39 is 0 Å². The fourth-order valence-corrected chi connectivity index (χ4v) is 2.29. The lowest BCUT2D eigenvalue weighted by atomic mass is 10.1. The Morgan fingerprint density at radius 3 is 2.69 bits per heavy atom. The van der Waals surface area contributed by atoms with Crippen molar-refractivity contribution in [2.45, 2.75) is 32.2 Å². The van der Waals surface area contributed by atoms with Gasteiger partial charge in [-0.1, -0.05) is 6.92 Å². The molecule has 2 atom stereocenters. The van der Waals surface area contributed by atoms with Gasteiger partial charge in [-0.3, -0.25) is 0 Å². The molecule has 0 aromatic heterocycles. The molecule has 1 saturated carbocycles. The summed E-state index contributed by atoms with van der Waals surface area (Å²) in [5.74, 6) is 1.96. The maximum Gasteiger partial charge on any atom is 0.0207 e. The van der Waals surface area contributed by atoms with Crippen molar-refractivity contribution in [2.75, 3.05) is 26.7 Å². The van der Waals surface area contributed by atoms with Crippen molar-refractivity contribution in [3.05, 3.63) is 0 Å². The molecule has 2 nitrogen and oxygen atoms in total. The summed E-state index contributed by atoms with van der Waals surface area (Å²) in [5.41, 5.74) is 0. The average Bonchev–Trinajstić information content (AvgIpc) is 2.87. The molecule has 0 amide bonds. The van der Waals surface area contributed by atoms with Crippen molar-refractivity contribution in [3.8, 4) is 0 Å². The lowest BCUT2D eigenvalue weighted by Crippen LogP contribution is -2.35. The van der Waals surface area contributed by atoms with Crippen molar-refractivity contribution in [2.24, 2.45) is 11.8 Å². The quantitative estimate of drug-likeness (QED) is 0.705. The average molecular weight is 182 g/mol. The molecule has 0 spiro atoms. The molecule has 2 fully saturated rings. The van der Waals surface area contributed by atoms with Crippen LogP contribution in [0.25, 0.3) is 0 Å². The van der Waals surface area contributed by atoms with E-state index in [-0.39, 0.29) is 0 Å². The van der Waals surface area contributed by atoms with Crippen LogP contribution >= 0.6 is 0 Å². The van der Waals surface area contributed by atoms with Gasteiger partial charge in [-0.2, -0.15) is 0 Å². The topological polar surface area (TPSA) is 15.3 Å². The van der Waals surface area contributed by atoms with Gasteiger partial charge >= 0.3 is 0 Å². The number of nitrogens with one attached hydrogen (secondary N) is 1. The van der Waals surface area contributed by atoms with Crippen LogP contribution in [0.3, 0.4) is 0 Å². The predicted octanol–water partition coefficient (Wildman–Crippen LogP) is 1.33. The molecule has 0 radical (unpaired) electrons. The van der Waals surface area contributed by atoms with Crippen molar-refractivity contribution in [1.82, 2.24) is 10.2 Å². The van der Waals surface area contributed by atoms with Crippen LogP contribution in [0, 0.1) is 11.8 Å². The maximum atomic E-state index is 3.69. The van der Waals surface area contributed by atoms with Crippen LogP contribution in [0.4, 0.5) is 0 Å². The first-order valence-electron chi connectivity index (χ1n) is 5.67. The number of nitrogens with zero attached hydrogens (tertiary/aromatic N) is 1. The second kappa shape index (κ2) is 3.97. The zero-order chi connectivity index (χ0) is 9.26. The number of rotatable bonds is 4. The van der Waals surface area contributed by atoms with Gasteiger partial charge in [-0.15, -0.1) is 0 Å². The van der Waals surface area contributed by atoms with E-state index in [4.69, 9.17) is 0 Å². The standard InChI is InChI=1S/C11H22N2/c1-9(10-3-4-10)7-12-11-5-6-13(2)8-11/h9-12H,3-8H2,1-2H3. The summed E-state index contributed by atoms with van der Waals surface area (Å²) in [7, 11) is 2.21. The molecule has 1 saturated heterocycles. The number of hydrogen-bond donors (Lipinski definition) is 1. The summed E-state index contributed by atoms with van der Waals surface area (Å²) < 4.78 is 0. The highest BCUT2D eigenvalue weighted by atomic mass is 15.2. The minimum Gasteiger partial charge on any atom is -0.312 e. The molecule has 2 rings (SSSR count). The first-order valence-corrected chi connectivity index (χ1v) is 5.67. The lowest BCUT2D eigenvalue weighted by molar-refractivity contribution is 0.380. The monoisotopic (exact) mass is 182 g/mol. The van der Waals surface area contributed by atoms with Gasteiger partial charge < -0.3 is 10.2 Å². The molecular weight excluding hydrogens is 160 g/mol. The molecule has 0 aromatic carbocycles. The van der Waals surface area contributed by atoms with E-state index in [0.29, 0.717) is 0 Å². The molecule has 0 aromatic rings. The molecule has 1 heterocycles. The maximum absolute atomic E-state index is 3.69. The van der Waals surface area contributed by atoms with E-state index in [9.17, 15) is 0 Å². The van der Waals surface area contributed by atoms with Crippen molar-refractivity contribution >= 4 is 0 Å². The molecule has 1 aliphatic heterocycles. The molecular formula is C11H22N2. The smallest absolute Gasteiger partial charge is 0.0207 e. The first-order chi connectivity index (χ1) is 6.25. The van der Waals surface area contributed by atoms with Crippen LogP contribution in [-0.4, -0.2) is 37.6 Å². The fraction of sp³-hybridized carbons (Fsp3) is 1.00. The van der Waals surface area contributed by atoms with E-state index in [1.807, 2.05) is 0 Å². The SMILES string of the molecule is CC(CNC1CCN(C)C1)C1CC1. The van der Waals surface area contributed by atoms with Crippen LogP contribution in [0.15, 0.2) is 0 Å². The zero-order valence-electron chi connectivity index (χ0n) is 8.92. The van der Waals surface area contributed by atoms with E-state index in [2.05, 4.69) is 24.2 Å². The molecule has 0 bridgehead atoms. The molecule has 2 unspecified atom stereocenters. The van der Waals surface area contributed by atoms with E-state index in [0.717, 1.165) is 17.9 Å². The predicted molar refractivity (Wildman–Crippen MR) is 55.8 cm³/mol. The van der Waals surface area contributed by atoms with Gasteiger partial charge in [0.25, 0.3) is 0 Å². The van der Waals surface area contributed by atoms with Crippen LogP contribution < -0.4 is 5.32 Å². The van der Waals surface area contributed by atoms with Gasteiger partial charge in [0.15, 0.2) is 0 Å². The van der Waals surface area contributed by atoms with Crippen molar-refractivity contribution in [1.29, 1.82) is 0 Å².